The van der Waals surface area contributed by atoms with Crippen LogP contribution in [0.5, 0.6) is 0 Å². The van der Waals surface area contributed by atoms with E-state index in [1.54, 1.807) is 0 Å². The monoisotopic (exact) mass is 264 g/mol. The van der Waals surface area contributed by atoms with Crippen molar-refractivity contribution in [1.29, 1.82) is 5.26 Å². The Kier molecular flexibility index (Phi) is 3.62. The molecule has 0 bridgehead atoms. The van der Waals surface area contributed by atoms with Crippen molar-refractivity contribution in [2.24, 2.45) is 0 Å². The highest BCUT2D eigenvalue weighted by Crippen LogP contribution is 2.24. The average molecular weight is 264 g/mol. The number of benzene rings is 1. The van der Waals surface area contributed by atoms with E-state index in [2.05, 4.69) is 21.3 Å². The molecule has 2 aromatic rings. The molecule has 1 aliphatic heterocycles. The predicted molar refractivity (Wildman–Crippen MR) is 79.5 cm³/mol. The fourth-order valence-corrected chi connectivity index (χ4v) is 2.46. The van der Waals surface area contributed by atoms with E-state index < -0.39 is 0 Å². The van der Waals surface area contributed by atoms with E-state index in [0.717, 1.165) is 43.1 Å². The lowest BCUT2D eigenvalue weighted by Crippen LogP contribution is -2.44. The van der Waals surface area contributed by atoms with Gasteiger partial charge >= 0.3 is 0 Å². The van der Waals surface area contributed by atoms with E-state index in [9.17, 15) is 5.26 Å². The molecule has 1 aromatic heterocycles. The minimum Gasteiger partial charge on any atom is -0.353 e. The van der Waals surface area contributed by atoms with Crippen LogP contribution in [0.2, 0.25) is 0 Å². The molecule has 3 rings (SSSR count). The third kappa shape index (κ3) is 2.49. The molecule has 1 N–H and O–H groups in total. The van der Waals surface area contributed by atoms with Crippen molar-refractivity contribution in [1.82, 2.24) is 10.3 Å². The molecule has 2 heterocycles. The van der Waals surface area contributed by atoms with Gasteiger partial charge < -0.3 is 10.2 Å². The fourth-order valence-electron chi connectivity index (χ4n) is 2.46. The maximum absolute atomic E-state index is 9.39. The first-order valence-corrected chi connectivity index (χ1v) is 6.80. The van der Waals surface area contributed by atoms with Crippen LogP contribution in [-0.2, 0) is 0 Å². The highest BCUT2D eigenvalue weighted by molar-refractivity contribution is 5.68. The Morgan fingerprint density at radius 2 is 1.85 bits per heavy atom. The molecule has 1 aliphatic rings. The Morgan fingerprint density at radius 3 is 2.55 bits per heavy atom. The van der Waals surface area contributed by atoms with Crippen molar-refractivity contribution in [2.45, 2.75) is 0 Å². The number of aromatic nitrogens is 1. The van der Waals surface area contributed by atoms with Crippen LogP contribution in [0.15, 0.2) is 42.6 Å². The molecule has 4 nitrogen and oxygen atoms in total. The zero-order chi connectivity index (χ0) is 13.8. The zero-order valence-electron chi connectivity index (χ0n) is 11.2. The molecule has 0 saturated carbocycles. The smallest absolute Gasteiger partial charge is 0.146 e. The normalized spacial score (nSPS) is 14.8. The Bertz CT molecular complexity index is 625. The van der Waals surface area contributed by atoms with Gasteiger partial charge in [0.15, 0.2) is 0 Å². The first kappa shape index (κ1) is 12.6. The van der Waals surface area contributed by atoms with Crippen LogP contribution in [0.25, 0.3) is 11.1 Å². The number of piperazine rings is 1. The van der Waals surface area contributed by atoms with Gasteiger partial charge in [0.05, 0.1) is 5.56 Å². The van der Waals surface area contributed by atoms with Crippen molar-refractivity contribution in [2.75, 3.05) is 31.1 Å². The van der Waals surface area contributed by atoms with E-state index in [4.69, 9.17) is 0 Å². The van der Waals surface area contributed by atoms with Gasteiger partial charge in [-0.1, -0.05) is 30.3 Å². The topological polar surface area (TPSA) is 52.0 Å². The molecule has 0 unspecified atom stereocenters. The molecule has 0 atom stereocenters. The Morgan fingerprint density at radius 1 is 1.10 bits per heavy atom. The highest BCUT2D eigenvalue weighted by atomic mass is 15.2. The van der Waals surface area contributed by atoms with Crippen molar-refractivity contribution >= 4 is 5.82 Å². The highest BCUT2D eigenvalue weighted by Gasteiger charge is 2.16. The van der Waals surface area contributed by atoms with Gasteiger partial charge in [0.1, 0.15) is 11.9 Å². The third-order valence-corrected chi connectivity index (χ3v) is 3.51. The number of anilines is 1. The summed E-state index contributed by atoms with van der Waals surface area (Å²) in [5.41, 5.74) is 2.72. The summed E-state index contributed by atoms with van der Waals surface area (Å²) in [5, 5.41) is 12.7. The molecule has 20 heavy (non-hydrogen) atoms. The van der Waals surface area contributed by atoms with Crippen LogP contribution in [-0.4, -0.2) is 31.2 Å². The quantitative estimate of drug-likeness (QED) is 0.901. The van der Waals surface area contributed by atoms with Crippen molar-refractivity contribution in [3.8, 4) is 17.2 Å². The summed E-state index contributed by atoms with van der Waals surface area (Å²) >= 11 is 0. The second kappa shape index (κ2) is 5.72. The molecule has 4 heteroatoms. The number of hydrogen-bond donors (Lipinski definition) is 1. The predicted octanol–water partition coefficient (Wildman–Crippen LogP) is 2.03. The van der Waals surface area contributed by atoms with Crippen molar-refractivity contribution in [3.63, 3.8) is 0 Å². The maximum Gasteiger partial charge on any atom is 0.146 e. The largest absolute Gasteiger partial charge is 0.353 e. The first-order valence-electron chi connectivity index (χ1n) is 6.80. The molecule has 0 amide bonds. The lowest BCUT2D eigenvalue weighted by atomic mass is 10.1. The standard InChI is InChI=1S/C16H16N4/c17-11-14-10-15(13-4-2-1-3-5-13)12-19-16(14)20-8-6-18-7-9-20/h1-5,10,12,18H,6-9H2. The van der Waals surface area contributed by atoms with E-state index in [1.807, 2.05) is 42.6 Å². The SMILES string of the molecule is N#Cc1cc(-c2ccccc2)cnc1N1CCNCC1. The number of nitrogens with zero attached hydrogens (tertiary/aromatic N) is 3. The average Bonchev–Trinajstić information content (AvgIpc) is 2.56. The van der Waals surface area contributed by atoms with Gasteiger partial charge in [-0.25, -0.2) is 4.98 Å². The molecular formula is C16H16N4. The Hall–Kier alpha value is -2.38. The Balaban J connectivity index is 1.96. The summed E-state index contributed by atoms with van der Waals surface area (Å²) in [5.74, 6) is 0.800. The second-order valence-corrected chi connectivity index (χ2v) is 4.81. The summed E-state index contributed by atoms with van der Waals surface area (Å²) in [6.45, 7) is 3.67. The van der Waals surface area contributed by atoms with Gasteiger partial charge in [0.2, 0.25) is 0 Å². The van der Waals surface area contributed by atoms with Crippen LogP contribution >= 0.6 is 0 Å². The number of nitriles is 1. The zero-order valence-corrected chi connectivity index (χ0v) is 11.2. The summed E-state index contributed by atoms with van der Waals surface area (Å²) in [7, 11) is 0. The van der Waals surface area contributed by atoms with E-state index >= 15 is 0 Å². The number of pyridine rings is 1. The number of rotatable bonds is 2. The summed E-state index contributed by atoms with van der Waals surface area (Å²) in [4.78, 5) is 6.70. The fraction of sp³-hybridized carbons (Fsp3) is 0.250. The van der Waals surface area contributed by atoms with Crippen LogP contribution in [0.1, 0.15) is 5.56 Å². The molecular weight excluding hydrogens is 248 g/mol. The lowest BCUT2D eigenvalue weighted by Gasteiger charge is -2.29. The van der Waals surface area contributed by atoms with Gasteiger partial charge in [-0.2, -0.15) is 5.26 Å². The van der Waals surface area contributed by atoms with E-state index in [-0.39, 0.29) is 0 Å². The van der Waals surface area contributed by atoms with Crippen LogP contribution in [0, 0.1) is 11.3 Å². The number of nitrogens with one attached hydrogen (secondary N) is 1. The minimum absolute atomic E-state index is 0.647. The molecule has 1 saturated heterocycles. The van der Waals surface area contributed by atoms with Gasteiger partial charge in [0.25, 0.3) is 0 Å². The lowest BCUT2D eigenvalue weighted by molar-refractivity contribution is 0.584. The summed E-state index contributed by atoms with van der Waals surface area (Å²) < 4.78 is 0. The summed E-state index contributed by atoms with van der Waals surface area (Å²) in [6.07, 6.45) is 1.85. The summed E-state index contributed by atoms with van der Waals surface area (Å²) in [6, 6.07) is 14.2. The van der Waals surface area contributed by atoms with Gasteiger partial charge in [-0.05, 0) is 11.6 Å². The van der Waals surface area contributed by atoms with Crippen molar-refractivity contribution in [3.05, 3.63) is 48.2 Å². The van der Waals surface area contributed by atoms with Crippen LogP contribution in [0.3, 0.4) is 0 Å². The van der Waals surface area contributed by atoms with Crippen molar-refractivity contribution < 1.29 is 0 Å². The van der Waals surface area contributed by atoms with Crippen LogP contribution < -0.4 is 10.2 Å². The molecule has 1 aromatic carbocycles. The van der Waals surface area contributed by atoms with Gasteiger partial charge in [0, 0.05) is 37.9 Å². The molecule has 100 valence electrons. The van der Waals surface area contributed by atoms with Crippen LogP contribution in [0.4, 0.5) is 5.82 Å². The Labute approximate surface area is 118 Å². The maximum atomic E-state index is 9.39. The van der Waals surface area contributed by atoms with Gasteiger partial charge in [-0.3, -0.25) is 0 Å². The first-order chi connectivity index (χ1) is 9.88. The number of hydrogen-bond acceptors (Lipinski definition) is 4. The molecule has 0 aliphatic carbocycles. The van der Waals surface area contributed by atoms with E-state index in [0.29, 0.717) is 5.56 Å². The minimum atomic E-state index is 0.647. The second-order valence-electron chi connectivity index (χ2n) is 4.81. The third-order valence-electron chi connectivity index (χ3n) is 3.51. The molecule has 0 spiro atoms. The van der Waals surface area contributed by atoms with E-state index in [1.165, 1.54) is 0 Å². The molecule has 1 fully saturated rings. The van der Waals surface area contributed by atoms with Gasteiger partial charge in [-0.15, -0.1) is 0 Å². The molecule has 0 radical (unpaired) electrons.